The second-order valence-electron chi connectivity index (χ2n) is 6.67. The van der Waals surface area contributed by atoms with Crippen molar-refractivity contribution >= 4 is 5.91 Å². The van der Waals surface area contributed by atoms with E-state index in [-0.39, 0.29) is 18.1 Å². The molecule has 0 bridgehead atoms. The first kappa shape index (κ1) is 18.4. The molecule has 124 valence electrons. The molecule has 0 radical (unpaired) electrons. The monoisotopic (exact) mass is 298 g/mol. The Labute approximate surface area is 130 Å². The average molecular weight is 298 g/mol. The number of amides is 1. The van der Waals surface area contributed by atoms with Crippen LogP contribution in [0.15, 0.2) is 0 Å². The van der Waals surface area contributed by atoms with E-state index in [1.807, 2.05) is 4.90 Å². The van der Waals surface area contributed by atoms with Gasteiger partial charge in [0.15, 0.2) is 0 Å². The number of nitrogens with zero attached hydrogens (tertiary/aromatic N) is 1. The third-order valence-corrected chi connectivity index (χ3v) is 4.32. The third kappa shape index (κ3) is 5.59. The number of rotatable bonds is 10. The predicted molar refractivity (Wildman–Crippen MR) is 87.1 cm³/mol. The van der Waals surface area contributed by atoms with Gasteiger partial charge in [0.05, 0.1) is 18.8 Å². The highest BCUT2D eigenvalue weighted by molar-refractivity contribution is 5.84. The molecule has 0 spiro atoms. The molecule has 1 heterocycles. The molecular weight excluding hydrogens is 264 g/mol. The lowest BCUT2D eigenvalue weighted by Gasteiger charge is -2.25. The van der Waals surface area contributed by atoms with E-state index in [0.29, 0.717) is 25.0 Å². The highest BCUT2D eigenvalue weighted by Crippen LogP contribution is 2.22. The van der Waals surface area contributed by atoms with E-state index in [0.717, 1.165) is 32.3 Å². The van der Waals surface area contributed by atoms with Crippen molar-refractivity contribution in [2.45, 2.75) is 72.5 Å². The van der Waals surface area contributed by atoms with Gasteiger partial charge in [0.25, 0.3) is 0 Å². The summed E-state index contributed by atoms with van der Waals surface area (Å²) >= 11 is 0. The predicted octanol–water partition coefficient (Wildman–Crippen LogP) is 3.02. The molecule has 1 N–H and O–H groups in total. The number of nitrogens with one attached hydrogen (secondary N) is 1. The van der Waals surface area contributed by atoms with Gasteiger partial charge in [0.1, 0.15) is 0 Å². The summed E-state index contributed by atoms with van der Waals surface area (Å²) in [5, 5.41) is 3.55. The van der Waals surface area contributed by atoms with Gasteiger partial charge in [-0.3, -0.25) is 10.1 Å². The summed E-state index contributed by atoms with van der Waals surface area (Å²) in [5.41, 5.74) is 0. The Balaban J connectivity index is 2.55. The van der Waals surface area contributed by atoms with Crippen molar-refractivity contribution in [3.8, 4) is 0 Å². The van der Waals surface area contributed by atoms with Crippen LogP contribution in [0.5, 0.6) is 0 Å². The number of hydrogen-bond acceptors (Lipinski definition) is 3. The summed E-state index contributed by atoms with van der Waals surface area (Å²) in [7, 11) is 0. The van der Waals surface area contributed by atoms with Crippen LogP contribution in [0.3, 0.4) is 0 Å². The van der Waals surface area contributed by atoms with Crippen LogP contribution in [0.2, 0.25) is 0 Å². The zero-order valence-electron chi connectivity index (χ0n) is 14.5. The minimum absolute atomic E-state index is 0.0191. The van der Waals surface area contributed by atoms with Gasteiger partial charge in [0.2, 0.25) is 5.91 Å². The van der Waals surface area contributed by atoms with Crippen molar-refractivity contribution in [1.82, 2.24) is 10.2 Å². The molecule has 0 aromatic carbocycles. The van der Waals surface area contributed by atoms with Crippen molar-refractivity contribution < 1.29 is 9.53 Å². The molecule has 1 aliphatic heterocycles. The highest BCUT2D eigenvalue weighted by atomic mass is 16.5. The second-order valence-corrected chi connectivity index (χ2v) is 6.67. The first-order valence-electron chi connectivity index (χ1n) is 8.65. The Morgan fingerprint density at radius 3 is 2.52 bits per heavy atom. The third-order valence-electron chi connectivity index (χ3n) is 4.32. The summed E-state index contributed by atoms with van der Waals surface area (Å²) in [6.45, 7) is 13.0. The number of ether oxygens (including phenoxy) is 1. The number of carbonyl (C=O) groups excluding carboxylic acids is 1. The maximum Gasteiger partial charge on any atom is 0.241 e. The summed E-state index contributed by atoms with van der Waals surface area (Å²) in [6.07, 6.45) is 4.45. The summed E-state index contributed by atoms with van der Waals surface area (Å²) in [6, 6.07) is -0.0191. The lowest BCUT2D eigenvalue weighted by atomic mass is 9.99. The van der Waals surface area contributed by atoms with Gasteiger partial charge >= 0.3 is 0 Å². The molecule has 4 nitrogen and oxygen atoms in total. The van der Waals surface area contributed by atoms with Crippen LogP contribution in [-0.2, 0) is 9.53 Å². The molecular formula is C17H34N2O2. The average Bonchev–Trinajstić information content (AvgIpc) is 2.74. The van der Waals surface area contributed by atoms with Gasteiger partial charge in [-0.15, -0.1) is 0 Å². The van der Waals surface area contributed by atoms with E-state index in [1.165, 1.54) is 0 Å². The second kappa shape index (κ2) is 9.42. The van der Waals surface area contributed by atoms with Crippen molar-refractivity contribution in [3.05, 3.63) is 0 Å². The minimum Gasteiger partial charge on any atom is -0.380 e. The topological polar surface area (TPSA) is 41.6 Å². The van der Waals surface area contributed by atoms with Gasteiger partial charge in [0, 0.05) is 13.2 Å². The normalized spacial score (nSPS) is 24.1. The SMILES string of the molecule is CCCCOCCN1C(=O)C(C(C)CC)NC1CC(C)C. The largest absolute Gasteiger partial charge is 0.380 e. The van der Waals surface area contributed by atoms with Gasteiger partial charge in [-0.05, 0) is 24.7 Å². The molecule has 3 atom stereocenters. The van der Waals surface area contributed by atoms with Gasteiger partial charge < -0.3 is 9.64 Å². The van der Waals surface area contributed by atoms with E-state index in [9.17, 15) is 4.79 Å². The Morgan fingerprint density at radius 1 is 1.24 bits per heavy atom. The molecule has 1 aliphatic rings. The first-order valence-corrected chi connectivity index (χ1v) is 8.65. The van der Waals surface area contributed by atoms with Gasteiger partial charge in [-0.1, -0.05) is 47.5 Å². The fraction of sp³-hybridized carbons (Fsp3) is 0.941. The number of hydrogen-bond donors (Lipinski definition) is 1. The lowest BCUT2D eigenvalue weighted by Crippen LogP contribution is -2.40. The standard InChI is InChI=1S/C17H34N2O2/c1-6-8-10-21-11-9-19-15(12-13(3)4)18-16(17(19)20)14(5)7-2/h13-16,18H,6-12H2,1-5H3. The van der Waals surface area contributed by atoms with Crippen molar-refractivity contribution in [3.63, 3.8) is 0 Å². The number of carbonyl (C=O) groups is 1. The highest BCUT2D eigenvalue weighted by Gasteiger charge is 2.40. The Morgan fingerprint density at radius 2 is 1.95 bits per heavy atom. The van der Waals surface area contributed by atoms with Crippen molar-refractivity contribution in [1.29, 1.82) is 0 Å². The van der Waals surface area contributed by atoms with E-state index in [1.54, 1.807) is 0 Å². The molecule has 1 fully saturated rings. The van der Waals surface area contributed by atoms with E-state index in [2.05, 4.69) is 39.9 Å². The summed E-state index contributed by atoms with van der Waals surface area (Å²) < 4.78 is 5.64. The van der Waals surface area contributed by atoms with Crippen molar-refractivity contribution in [2.24, 2.45) is 11.8 Å². The van der Waals surface area contributed by atoms with Crippen LogP contribution in [-0.4, -0.2) is 42.8 Å². The lowest BCUT2D eigenvalue weighted by molar-refractivity contribution is -0.131. The zero-order chi connectivity index (χ0) is 15.8. The van der Waals surface area contributed by atoms with Crippen LogP contribution in [0.25, 0.3) is 0 Å². The minimum atomic E-state index is -0.0191. The zero-order valence-corrected chi connectivity index (χ0v) is 14.5. The Kier molecular flexibility index (Phi) is 8.27. The Bertz CT molecular complexity index is 307. The molecule has 0 aromatic heterocycles. The quantitative estimate of drug-likeness (QED) is 0.630. The van der Waals surface area contributed by atoms with E-state index >= 15 is 0 Å². The van der Waals surface area contributed by atoms with Crippen molar-refractivity contribution in [2.75, 3.05) is 19.8 Å². The maximum atomic E-state index is 12.6. The molecule has 0 aromatic rings. The molecule has 1 saturated heterocycles. The molecule has 4 heteroatoms. The summed E-state index contributed by atoms with van der Waals surface area (Å²) in [5.74, 6) is 1.22. The number of unbranched alkanes of at least 4 members (excludes halogenated alkanes) is 1. The van der Waals surface area contributed by atoms with E-state index in [4.69, 9.17) is 4.74 Å². The van der Waals surface area contributed by atoms with Crippen LogP contribution in [0.4, 0.5) is 0 Å². The molecule has 0 saturated carbocycles. The molecule has 3 unspecified atom stereocenters. The molecule has 1 amide bonds. The summed E-state index contributed by atoms with van der Waals surface area (Å²) in [4.78, 5) is 14.6. The molecule has 0 aliphatic carbocycles. The molecule has 1 rings (SSSR count). The van der Waals surface area contributed by atoms with Crippen LogP contribution in [0.1, 0.15) is 60.3 Å². The van der Waals surface area contributed by atoms with E-state index < -0.39 is 0 Å². The van der Waals surface area contributed by atoms with Gasteiger partial charge in [-0.2, -0.15) is 0 Å². The van der Waals surface area contributed by atoms with Crippen LogP contribution < -0.4 is 5.32 Å². The maximum absolute atomic E-state index is 12.6. The van der Waals surface area contributed by atoms with Crippen LogP contribution in [0, 0.1) is 11.8 Å². The fourth-order valence-electron chi connectivity index (χ4n) is 2.76. The van der Waals surface area contributed by atoms with Crippen LogP contribution >= 0.6 is 0 Å². The Hall–Kier alpha value is -0.610. The molecule has 21 heavy (non-hydrogen) atoms. The van der Waals surface area contributed by atoms with Gasteiger partial charge in [-0.25, -0.2) is 0 Å². The smallest absolute Gasteiger partial charge is 0.241 e. The first-order chi connectivity index (χ1) is 10.0. The fourth-order valence-corrected chi connectivity index (χ4v) is 2.76.